The van der Waals surface area contributed by atoms with Crippen LogP contribution in [0.15, 0.2) is 99.8 Å². The number of aryl methyl sites for hydroxylation is 4. The van der Waals surface area contributed by atoms with Gasteiger partial charge in [-0.25, -0.2) is 19.9 Å². The first kappa shape index (κ1) is 72.9. The van der Waals surface area contributed by atoms with Crippen LogP contribution in [0.5, 0.6) is 0 Å². The zero-order chi connectivity index (χ0) is 72.0. The van der Waals surface area contributed by atoms with Crippen LogP contribution in [0.25, 0.3) is 31.3 Å². The highest BCUT2D eigenvalue weighted by atomic mass is 32.1. The van der Waals surface area contributed by atoms with Crippen molar-refractivity contribution in [2.24, 2.45) is 17.8 Å². The third-order valence-corrected chi connectivity index (χ3v) is 22.8. The molecule has 29 heteroatoms. The molecule has 0 unspecified atom stereocenters. The van der Waals surface area contributed by atoms with Gasteiger partial charge in [-0.3, -0.25) is 33.9 Å². The fourth-order valence-corrected chi connectivity index (χ4v) is 16.8. The summed E-state index contributed by atoms with van der Waals surface area (Å²) in [5.74, 6) is -4.42. The van der Waals surface area contributed by atoms with Gasteiger partial charge in [0.25, 0.3) is 0 Å². The molecule has 3 fully saturated rings. The lowest BCUT2D eigenvalue weighted by atomic mass is 9.90. The Bertz CT molecular complexity index is 4410. The molecule has 3 saturated heterocycles. The summed E-state index contributed by atoms with van der Waals surface area (Å²) in [4.78, 5) is 114. The Morgan fingerprint density at radius 3 is 1.40 bits per heavy atom. The molecule has 3 aliphatic rings. The quantitative estimate of drug-likeness (QED) is 0.0320. The van der Waals surface area contributed by atoms with Crippen molar-refractivity contribution in [2.75, 3.05) is 19.6 Å². The molecular weight excluding hydrogens is 1380 g/mol. The number of β-amino-alcohol motifs (C(OH)–C–C–N with tert-alkyl or cyclic N) is 1. The van der Waals surface area contributed by atoms with Gasteiger partial charge in [-0.1, -0.05) is 114 Å². The SMILES string of the molecule is Cc1nnc([C@H](C(=O)N2C[C@H](OCc3nc([C@H](C(=O)N4C[C@H](OCc5cc([C@H](C(=O)N6C[C@H](O)C[C@H]6C(=O)NCc6ccc(-c7scnc7C)cc6)C(C)C)ns5)C[C@H]4C(=O)NCc4ccc(-c5scnc5C)cc4)C(C)C)n[nH]3)C[C@H]2C(=O)NCc2ccc(-c3scnc3C)cc2)C(C)C)o1. The summed E-state index contributed by atoms with van der Waals surface area (Å²) >= 11 is 5.88. The molecule has 3 aromatic carbocycles. The van der Waals surface area contributed by atoms with Crippen LogP contribution < -0.4 is 16.0 Å². The largest absolute Gasteiger partial charge is 0.425 e. The first-order valence-electron chi connectivity index (χ1n) is 34.4. The van der Waals surface area contributed by atoms with Gasteiger partial charge in [0, 0.05) is 65.5 Å². The number of carbonyl (C=O) groups is 6. The lowest BCUT2D eigenvalue weighted by molar-refractivity contribution is -0.141. The predicted molar refractivity (Wildman–Crippen MR) is 386 cm³/mol. The van der Waals surface area contributed by atoms with Crippen LogP contribution >= 0.6 is 45.5 Å². The van der Waals surface area contributed by atoms with E-state index >= 15 is 4.79 Å². The minimum atomic E-state index is -0.944. The first-order valence-corrected chi connectivity index (χ1v) is 37.8. The molecule has 6 amide bonds. The van der Waals surface area contributed by atoms with Crippen molar-refractivity contribution in [1.82, 2.24) is 75.4 Å². The first-order chi connectivity index (χ1) is 49.0. The fourth-order valence-electron chi connectivity index (χ4n) is 13.7. The summed E-state index contributed by atoms with van der Waals surface area (Å²) in [6.07, 6.45) is -1.66. The van der Waals surface area contributed by atoms with Crippen LogP contribution in [0.1, 0.15) is 146 Å². The number of nitrogens with one attached hydrogen (secondary N) is 4. The van der Waals surface area contributed by atoms with Gasteiger partial charge in [0.15, 0.2) is 11.6 Å². The second kappa shape index (κ2) is 32.2. The predicted octanol–water partition coefficient (Wildman–Crippen LogP) is 9.75. The molecule has 9 aromatic rings. The van der Waals surface area contributed by atoms with Gasteiger partial charge in [-0.2, -0.15) is 9.47 Å². The molecule has 0 bridgehead atoms. The number of benzene rings is 3. The number of thiazole rings is 3. The number of likely N-dealkylation sites (tertiary alicyclic amines) is 3. The second-order valence-electron chi connectivity index (χ2n) is 27.5. The van der Waals surface area contributed by atoms with Gasteiger partial charge < -0.3 is 49.6 Å². The zero-order valence-corrected chi connectivity index (χ0v) is 61.9. The minimum absolute atomic E-state index is 0.00217. The lowest BCUT2D eigenvalue weighted by Crippen LogP contribution is -2.48. The summed E-state index contributed by atoms with van der Waals surface area (Å²) in [6.45, 7) is 19.7. The summed E-state index contributed by atoms with van der Waals surface area (Å²) in [7, 11) is 0. The van der Waals surface area contributed by atoms with Gasteiger partial charge in [-0.05, 0) is 89.5 Å². The van der Waals surface area contributed by atoms with E-state index in [9.17, 15) is 29.1 Å². The topological polar surface area (TPSA) is 319 Å². The number of nitrogens with zero attached hydrogens (tertiary/aromatic N) is 11. The minimum Gasteiger partial charge on any atom is -0.425 e. The van der Waals surface area contributed by atoms with Crippen molar-refractivity contribution in [3.63, 3.8) is 0 Å². The van der Waals surface area contributed by atoms with E-state index < -0.39 is 54.2 Å². The van der Waals surface area contributed by atoms with Crippen molar-refractivity contribution in [3.8, 4) is 31.3 Å². The van der Waals surface area contributed by atoms with E-state index in [0.29, 0.717) is 22.3 Å². The Hall–Kier alpha value is -8.84. The lowest BCUT2D eigenvalue weighted by Gasteiger charge is -2.29. The molecular formula is C73H85N15O10S4. The Morgan fingerprint density at radius 2 is 0.980 bits per heavy atom. The number of H-pyrrole nitrogens is 1. The molecule has 5 N–H and O–H groups in total. The third kappa shape index (κ3) is 16.6. The monoisotopic (exact) mass is 1460 g/mol. The average Bonchev–Trinajstić information content (AvgIpc) is 1.67. The maximum absolute atomic E-state index is 15.3. The van der Waals surface area contributed by atoms with Crippen molar-refractivity contribution in [2.45, 2.75) is 176 Å². The number of aromatic amines is 1. The highest BCUT2D eigenvalue weighted by Gasteiger charge is 2.47. The van der Waals surface area contributed by atoms with Gasteiger partial charge in [-0.15, -0.1) is 44.2 Å². The average molecular weight is 1460 g/mol. The van der Waals surface area contributed by atoms with Crippen LogP contribution in [0, 0.1) is 45.4 Å². The van der Waals surface area contributed by atoms with Crippen molar-refractivity contribution >= 4 is 81.0 Å². The Kier molecular flexibility index (Phi) is 23.0. The summed E-state index contributed by atoms with van der Waals surface area (Å²) in [5, 5.41) is 35.9. The van der Waals surface area contributed by atoms with Crippen molar-refractivity contribution < 1.29 is 47.8 Å². The van der Waals surface area contributed by atoms with E-state index in [0.717, 1.165) is 65.1 Å². The zero-order valence-electron chi connectivity index (χ0n) is 58.6. The smallest absolute Gasteiger partial charge is 0.243 e. The van der Waals surface area contributed by atoms with Gasteiger partial charge in [0.1, 0.15) is 36.6 Å². The number of hydrogen-bond donors (Lipinski definition) is 5. The number of aromatic nitrogens is 9. The third-order valence-electron chi connectivity index (χ3n) is 19.1. The van der Waals surface area contributed by atoms with E-state index in [-0.39, 0.29) is 137 Å². The number of hydrogen-bond acceptors (Lipinski definition) is 22. The highest BCUT2D eigenvalue weighted by Crippen LogP contribution is 2.37. The molecule has 3 aliphatic heterocycles. The molecule has 0 radical (unpaired) electrons. The Labute approximate surface area is 607 Å². The van der Waals surface area contributed by atoms with E-state index in [1.807, 2.05) is 158 Å². The molecule has 9 atom stereocenters. The normalized spacial score (nSPS) is 19.3. The van der Waals surface area contributed by atoms with Gasteiger partial charge in [0.2, 0.25) is 47.2 Å². The fraction of sp³-hybridized carbons (Fsp3) is 0.452. The number of amides is 6. The molecule has 0 aliphatic carbocycles. The number of rotatable bonds is 27. The summed E-state index contributed by atoms with van der Waals surface area (Å²) in [5.41, 5.74) is 14.5. The summed E-state index contributed by atoms with van der Waals surface area (Å²) < 4.78 is 23.7. The van der Waals surface area contributed by atoms with Gasteiger partial charge in [0.05, 0.1) is 89.7 Å². The molecule has 12 rings (SSSR count). The standard InChI is InChI=1S/C73H85N15O10S4/c1-38(2)60(71(93)86-30-51(89)23-56(86)67(90)74-27-45-11-17-48(18-12-45)63-41(7)77-35-99-63)55-26-54(102-85-55)33-96-52-24-57(68(91)75-28-46-13-19-49(20-14-46)64-42(8)78-36-100-64)87(31-52)72(94)61(39(3)4)66-80-59(82-83-66)34-97-53-25-58(88(32-53)73(95)62(40(5)6)70-84-81-44(10)98-70)69(92)76-29-47-15-21-50(22-16-47)65-43(9)79-37-101-65/h11-22,26,35-40,51-53,56-58,60-62,89H,23-25,27-34H2,1-10H3,(H,74,90)(H,75,91)(H,76,92)(H,80,82,83)/t51-,52-,53-,56+,57+,58+,60-,61-,62-/m1/s1. The van der Waals surface area contributed by atoms with Crippen molar-refractivity contribution in [1.29, 1.82) is 0 Å². The molecule has 6 aromatic heterocycles. The van der Waals surface area contributed by atoms with Crippen LogP contribution in [0.3, 0.4) is 0 Å². The summed E-state index contributed by atoms with van der Waals surface area (Å²) in [6, 6.07) is 22.9. The van der Waals surface area contributed by atoms with Gasteiger partial charge >= 0.3 is 0 Å². The number of ether oxygens (including phenoxy) is 2. The Balaban J connectivity index is 0.715. The Morgan fingerprint density at radius 1 is 0.559 bits per heavy atom. The molecule has 536 valence electrons. The van der Waals surface area contributed by atoms with E-state index in [2.05, 4.69) is 51.3 Å². The number of aliphatic hydroxyl groups excluding tert-OH is 1. The molecule has 9 heterocycles. The van der Waals surface area contributed by atoms with Crippen LogP contribution in [0.2, 0.25) is 0 Å². The highest BCUT2D eigenvalue weighted by molar-refractivity contribution is 7.14. The molecule has 25 nitrogen and oxygen atoms in total. The van der Waals surface area contributed by atoms with E-state index in [1.165, 1.54) is 21.3 Å². The molecule has 0 saturated carbocycles. The van der Waals surface area contributed by atoms with Crippen LogP contribution in [-0.2, 0) is 71.1 Å². The van der Waals surface area contributed by atoms with E-state index in [4.69, 9.17) is 23.2 Å². The van der Waals surface area contributed by atoms with Crippen molar-refractivity contribution in [3.05, 3.63) is 163 Å². The number of carbonyl (C=O) groups excluding carboxylic acids is 6. The molecule has 0 spiro atoms. The molecule has 102 heavy (non-hydrogen) atoms. The van der Waals surface area contributed by atoms with Crippen LogP contribution in [0.4, 0.5) is 0 Å². The van der Waals surface area contributed by atoms with E-state index in [1.54, 1.807) is 45.8 Å². The maximum atomic E-state index is 15.3. The second-order valence-corrected chi connectivity index (χ2v) is 30.9. The van der Waals surface area contributed by atoms with Crippen LogP contribution in [-0.4, -0.2) is 156 Å². The number of aliphatic hydroxyl groups is 1. The maximum Gasteiger partial charge on any atom is 0.243 e.